The summed E-state index contributed by atoms with van der Waals surface area (Å²) in [6.07, 6.45) is 2.72. The monoisotopic (exact) mass is 291 g/mol. The Balaban J connectivity index is 1.84. The van der Waals surface area contributed by atoms with E-state index in [-0.39, 0.29) is 5.91 Å². The van der Waals surface area contributed by atoms with Crippen molar-refractivity contribution in [2.45, 2.75) is 0 Å². The Kier molecular flexibility index (Phi) is 3.36. The van der Waals surface area contributed by atoms with Crippen molar-refractivity contribution in [3.63, 3.8) is 0 Å². The van der Waals surface area contributed by atoms with Crippen LogP contribution in [0.5, 0.6) is 0 Å². The molecule has 0 aromatic heterocycles. The first-order chi connectivity index (χ1) is 9.67. The van der Waals surface area contributed by atoms with E-state index >= 15 is 0 Å². The Labute approximate surface area is 121 Å². The van der Waals surface area contributed by atoms with Crippen LogP contribution < -0.4 is 5.32 Å². The predicted molar refractivity (Wildman–Crippen MR) is 77.3 cm³/mol. The van der Waals surface area contributed by atoms with Crippen LogP contribution in [0.15, 0.2) is 24.4 Å². The molecule has 1 N–H and O–H groups in total. The van der Waals surface area contributed by atoms with Gasteiger partial charge < -0.3 is 15.1 Å². The molecule has 2 heterocycles. The van der Waals surface area contributed by atoms with Crippen molar-refractivity contribution in [2.75, 3.05) is 31.5 Å². The van der Waals surface area contributed by atoms with Gasteiger partial charge in [0.2, 0.25) is 6.41 Å². The molecule has 1 aromatic rings. The van der Waals surface area contributed by atoms with Crippen molar-refractivity contribution in [1.29, 1.82) is 0 Å². The van der Waals surface area contributed by atoms with Crippen LogP contribution in [0.3, 0.4) is 0 Å². The van der Waals surface area contributed by atoms with E-state index in [9.17, 15) is 9.59 Å². The molecule has 20 heavy (non-hydrogen) atoms. The minimum absolute atomic E-state index is 0.111. The number of hydrogen-bond donors (Lipinski definition) is 1. The standard InChI is InChI=1S/C14H14ClN3O2/c15-10-1-2-13-11(7-10)12(14(20)16-13)8-17-3-5-18(9-19)6-4-17/h1-2,7-9H,3-6H2,(H,16,20)/b12-8+. The molecule has 5 nitrogen and oxygen atoms in total. The van der Waals surface area contributed by atoms with Gasteiger partial charge in [-0.05, 0) is 18.2 Å². The molecular formula is C14H14ClN3O2. The van der Waals surface area contributed by atoms with E-state index in [2.05, 4.69) is 10.2 Å². The van der Waals surface area contributed by atoms with E-state index in [4.69, 9.17) is 11.6 Å². The summed E-state index contributed by atoms with van der Waals surface area (Å²) in [5.41, 5.74) is 2.25. The third-order valence-electron chi connectivity index (χ3n) is 3.57. The number of piperazine rings is 1. The molecule has 1 saturated heterocycles. The average Bonchev–Trinajstić information content (AvgIpc) is 2.76. The molecule has 3 rings (SSSR count). The van der Waals surface area contributed by atoms with Crippen molar-refractivity contribution in [3.05, 3.63) is 35.0 Å². The molecule has 0 bridgehead atoms. The maximum absolute atomic E-state index is 12.0. The van der Waals surface area contributed by atoms with E-state index in [0.29, 0.717) is 23.7 Å². The molecule has 104 valence electrons. The number of hydrogen-bond acceptors (Lipinski definition) is 3. The van der Waals surface area contributed by atoms with Gasteiger partial charge in [-0.2, -0.15) is 0 Å². The lowest BCUT2D eigenvalue weighted by atomic mass is 10.1. The SMILES string of the molecule is O=CN1CCN(/C=C2/C(=O)Nc3ccc(Cl)cc32)CC1. The third-order valence-corrected chi connectivity index (χ3v) is 3.81. The fourth-order valence-corrected chi connectivity index (χ4v) is 2.62. The first kappa shape index (κ1) is 13.0. The number of benzene rings is 1. The number of carbonyl (C=O) groups excluding carboxylic acids is 2. The van der Waals surface area contributed by atoms with Crippen molar-refractivity contribution in [1.82, 2.24) is 9.80 Å². The first-order valence-electron chi connectivity index (χ1n) is 6.44. The number of nitrogens with zero attached hydrogens (tertiary/aromatic N) is 2. The zero-order valence-corrected chi connectivity index (χ0v) is 11.6. The zero-order valence-electron chi connectivity index (χ0n) is 10.8. The molecular weight excluding hydrogens is 278 g/mol. The van der Waals surface area contributed by atoms with Crippen molar-refractivity contribution < 1.29 is 9.59 Å². The average molecular weight is 292 g/mol. The Hall–Kier alpha value is -2.01. The van der Waals surface area contributed by atoms with Gasteiger partial charge in [0, 0.05) is 48.7 Å². The summed E-state index contributed by atoms with van der Waals surface area (Å²) in [5.74, 6) is -0.111. The van der Waals surface area contributed by atoms with Crippen molar-refractivity contribution in [2.24, 2.45) is 0 Å². The number of carbonyl (C=O) groups is 2. The minimum Gasteiger partial charge on any atom is -0.373 e. The Bertz CT molecular complexity index is 592. The fraction of sp³-hybridized carbons (Fsp3) is 0.286. The summed E-state index contributed by atoms with van der Waals surface area (Å²) in [7, 11) is 0. The Morgan fingerprint density at radius 2 is 1.85 bits per heavy atom. The van der Waals surface area contributed by atoms with E-state index < -0.39 is 0 Å². The molecule has 0 spiro atoms. The quantitative estimate of drug-likeness (QED) is 0.662. The van der Waals surface area contributed by atoms with Crippen LogP contribution in [0.2, 0.25) is 5.02 Å². The lowest BCUT2D eigenvalue weighted by molar-refractivity contribution is -0.119. The van der Waals surface area contributed by atoms with Crippen molar-refractivity contribution in [3.8, 4) is 0 Å². The summed E-state index contributed by atoms with van der Waals surface area (Å²) in [6, 6.07) is 5.36. The number of nitrogens with one attached hydrogen (secondary N) is 1. The topological polar surface area (TPSA) is 52.7 Å². The van der Waals surface area contributed by atoms with Crippen LogP contribution in [-0.2, 0) is 9.59 Å². The molecule has 0 saturated carbocycles. The second-order valence-electron chi connectivity index (χ2n) is 4.86. The fourth-order valence-electron chi connectivity index (χ4n) is 2.44. The number of halogens is 1. The van der Waals surface area contributed by atoms with Crippen LogP contribution in [0.4, 0.5) is 5.69 Å². The highest BCUT2D eigenvalue weighted by molar-refractivity contribution is 6.34. The number of anilines is 1. The van der Waals surface area contributed by atoms with Gasteiger partial charge in [0.1, 0.15) is 0 Å². The molecule has 1 aromatic carbocycles. The Morgan fingerprint density at radius 3 is 2.55 bits per heavy atom. The van der Waals surface area contributed by atoms with E-state index in [0.717, 1.165) is 30.8 Å². The summed E-state index contributed by atoms with van der Waals surface area (Å²) >= 11 is 5.99. The van der Waals surface area contributed by atoms with Crippen molar-refractivity contribution >= 4 is 35.2 Å². The van der Waals surface area contributed by atoms with Gasteiger partial charge in [0.15, 0.2) is 0 Å². The van der Waals surface area contributed by atoms with Gasteiger partial charge in [-0.25, -0.2) is 0 Å². The zero-order chi connectivity index (χ0) is 14.1. The lowest BCUT2D eigenvalue weighted by Crippen LogP contribution is -2.43. The second kappa shape index (κ2) is 5.17. The summed E-state index contributed by atoms with van der Waals surface area (Å²) in [6.45, 7) is 2.81. The molecule has 2 aliphatic rings. The molecule has 1 fully saturated rings. The summed E-state index contributed by atoms with van der Waals surface area (Å²) < 4.78 is 0. The minimum atomic E-state index is -0.111. The van der Waals surface area contributed by atoms with E-state index in [1.807, 2.05) is 6.20 Å². The molecule has 2 aliphatic heterocycles. The van der Waals surface area contributed by atoms with Gasteiger partial charge in [0.25, 0.3) is 5.91 Å². The van der Waals surface area contributed by atoms with Crippen LogP contribution >= 0.6 is 11.6 Å². The molecule has 0 atom stereocenters. The number of amides is 2. The summed E-state index contributed by atoms with van der Waals surface area (Å²) in [5, 5.41) is 3.43. The smallest absolute Gasteiger partial charge is 0.257 e. The first-order valence-corrected chi connectivity index (χ1v) is 6.81. The van der Waals surface area contributed by atoms with Gasteiger partial charge in [0.05, 0.1) is 5.57 Å². The van der Waals surface area contributed by atoms with E-state index in [1.165, 1.54) is 0 Å². The van der Waals surface area contributed by atoms with Crippen LogP contribution in [0.25, 0.3) is 5.57 Å². The van der Waals surface area contributed by atoms with Crippen LogP contribution in [-0.4, -0.2) is 48.3 Å². The number of rotatable bonds is 2. The molecule has 0 unspecified atom stereocenters. The molecule has 2 amide bonds. The predicted octanol–water partition coefficient (Wildman–Crippen LogP) is 1.41. The van der Waals surface area contributed by atoms with Gasteiger partial charge in [-0.15, -0.1) is 0 Å². The molecule has 0 aliphatic carbocycles. The highest BCUT2D eigenvalue weighted by Crippen LogP contribution is 2.33. The molecule has 0 radical (unpaired) electrons. The lowest BCUT2D eigenvalue weighted by Gasteiger charge is -2.31. The maximum Gasteiger partial charge on any atom is 0.257 e. The highest BCUT2D eigenvalue weighted by Gasteiger charge is 2.25. The largest absolute Gasteiger partial charge is 0.373 e. The highest BCUT2D eigenvalue weighted by atomic mass is 35.5. The Morgan fingerprint density at radius 1 is 1.15 bits per heavy atom. The van der Waals surface area contributed by atoms with Gasteiger partial charge in [-0.3, -0.25) is 9.59 Å². The normalized spacial score (nSPS) is 20.1. The second-order valence-corrected chi connectivity index (χ2v) is 5.30. The molecule has 6 heteroatoms. The van der Waals surface area contributed by atoms with Gasteiger partial charge >= 0.3 is 0 Å². The third kappa shape index (κ3) is 2.36. The van der Waals surface area contributed by atoms with E-state index in [1.54, 1.807) is 23.1 Å². The number of fused-ring (bicyclic) bond motifs is 1. The van der Waals surface area contributed by atoms with Crippen LogP contribution in [0, 0.1) is 0 Å². The van der Waals surface area contributed by atoms with Crippen LogP contribution in [0.1, 0.15) is 5.56 Å². The summed E-state index contributed by atoms with van der Waals surface area (Å²) in [4.78, 5) is 26.5. The maximum atomic E-state index is 12.0. The van der Waals surface area contributed by atoms with Gasteiger partial charge in [-0.1, -0.05) is 11.6 Å².